The Labute approximate surface area is 335 Å². The van der Waals surface area contributed by atoms with Gasteiger partial charge in [0, 0.05) is 38.7 Å². The third-order valence-electron chi connectivity index (χ3n) is 12.4. The van der Waals surface area contributed by atoms with Gasteiger partial charge in [-0.25, -0.2) is 4.99 Å². The molecule has 274 valence electrons. The highest BCUT2D eigenvalue weighted by molar-refractivity contribution is 6.34. The molecule has 0 saturated carbocycles. The zero-order chi connectivity index (χ0) is 38.3. The van der Waals surface area contributed by atoms with Gasteiger partial charge in [-0.3, -0.25) is 4.99 Å². The van der Waals surface area contributed by atoms with Crippen LogP contribution in [0.3, 0.4) is 0 Å². The van der Waals surface area contributed by atoms with Crippen LogP contribution in [0.4, 0.5) is 0 Å². The van der Waals surface area contributed by atoms with Crippen LogP contribution < -0.4 is 0 Å². The van der Waals surface area contributed by atoms with E-state index in [4.69, 9.17) is 14.4 Å². The topological polar surface area (TPSA) is 42.8 Å². The molecule has 12 rings (SSSR count). The Balaban J connectivity index is 1.03. The average Bonchev–Trinajstić information content (AvgIpc) is 3.85. The zero-order valence-electron chi connectivity index (χ0n) is 31.9. The minimum atomic E-state index is -0.150. The first kappa shape index (κ1) is 32.9. The van der Waals surface area contributed by atoms with Gasteiger partial charge in [0.15, 0.2) is 5.84 Å². The summed E-state index contributed by atoms with van der Waals surface area (Å²) >= 11 is 0. The Kier molecular flexibility index (Phi) is 7.30. The van der Waals surface area contributed by atoms with Crippen LogP contribution in [0.2, 0.25) is 0 Å². The van der Waals surface area contributed by atoms with Crippen molar-refractivity contribution in [3.63, 3.8) is 0 Å². The third kappa shape index (κ3) is 4.88. The lowest BCUT2D eigenvalue weighted by Gasteiger charge is -2.30. The molecule has 2 aromatic heterocycles. The highest BCUT2D eigenvalue weighted by Gasteiger charge is 2.33. The number of rotatable bonds is 6. The van der Waals surface area contributed by atoms with E-state index in [1.54, 1.807) is 0 Å². The number of nitrogens with zero attached hydrogens (tertiary/aromatic N) is 3. The second-order valence-corrected chi connectivity index (χ2v) is 15.5. The summed E-state index contributed by atoms with van der Waals surface area (Å²) in [5, 5.41) is 10.0. The van der Waals surface area contributed by atoms with E-state index < -0.39 is 0 Å². The Morgan fingerprint density at radius 1 is 0.483 bits per heavy atom. The van der Waals surface area contributed by atoms with Crippen LogP contribution >= 0.6 is 0 Å². The molecule has 4 heteroatoms. The van der Waals surface area contributed by atoms with E-state index in [2.05, 4.69) is 187 Å². The third-order valence-corrected chi connectivity index (χ3v) is 12.4. The van der Waals surface area contributed by atoms with Crippen molar-refractivity contribution < 1.29 is 4.42 Å². The summed E-state index contributed by atoms with van der Waals surface area (Å²) in [6.07, 6.45) is 0.895. The molecule has 4 nitrogen and oxygen atoms in total. The molecule has 2 atom stereocenters. The molecular formula is C54H37N3O. The van der Waals surface area contributed by atoms with Crippen LogP contribution in [0.5, 0.6) is 0 Å². The number of hydrogen-bond donors (Lipinski definition) is 0. The first-order valence-corrected chi connectivity index (χ1v) is 20.2. The van der Waals surface area contributed by atoms with Gasteiger partial charge in [-0.05, 0) is 92.7 Å². The minimum Gasteiger partial charge on any atom is -0.456 e. The van der Waals surface area contributed by atoms with Gasteiger partial charge in [0.05, 0.1) is 22.8 Å². The molecule has 0 fully saturated rings. The number of hydrogen-bond acceptors (Lipinski definition) is 3. The van der Waals surface area contributed by atoms with E-state index in [1.807, 2.05) is 6.07 Å². The molecule has 11 aromatic rings. The fourth-order valence-corrected chi connectivity index (χ4v) is 9.81. The molecule has 0 amide bonds. The van der Waals surface area contributed by atoms with Crippen molar-refractivity contribution in [2.24, 2.45) is 15.9 Å². The van der Waals surface area contributed by atoms with Gasteiger partial charge in [0.1, 0.15) is 11.2 Å². The SMILES string of the molecule is CCC1C(c2ccccc2)=NC(c2ccccc2)=NC1c1cccc2oc3ccc(-c4cccc(-n5c6cccc7c8ccccc8c8cccc5c8c76)c4)cc3c12. The van der Waals surface area contributed by atoms with Crippen molar-refractivity contribution in [3.8, 4) is 16.8 Å². The van der Waals surface area contributed by atoms with Crippen LogP contribution in [0.1, 0.15) is 36.1 Å². The number of fused-ring (bicyclic) bond motifs is 6. The summed E-state index contributed by atoms with van der Waals surface area (Å²) in [7, 11) is 0. The van der Waals surface area contributed by atoms with E-state index in [1.165, 1.54) is 43.4 Å². The number of aromatic nitrogens is 1. The van der Waals surface area contributed by atoms with E-state index >= 15 is 0 Å². The average molecular weight is 744 g/mol. The van der Waals surface area contributed by atoms with E-state index in [0.29, 0.717) is 0 Å². The lowest BCUT2D eigenvalue weighted by atomic mass is 9.82. The van der Waals surface area contributed by atoms with Crippen molar-refractivity contribution in [2.75, 3.05) is 0 Å². The summed E-state index contributed by atoms with van der Waals surface area (Å²) in [5.74, 6) is 0.848. The van der Waals surface area contributed by atoms with Gasteiger partial charge in [-0.2, -0.15) is 0 Å². The Hall–Kier alpha value is -7.30. The van der Waals surface area contributed by atoms with Crippen molar-refractivity contribution >= 4 is 76.8 Å². The maximum atomic E-state index is 6.62. The molecule has 0 bridgehead atoms. The minimum absolute atomic E-state index is 0.0846. The van der Waals surface area contributed by atoms with Crippen molar-refractivity contribution in [2.45, 2.75) is 19.4 Å². The molecule has 0 spiro atoms. The number of benzene rings is 9. The molecule has 9 aromatic carbocycles. The second kappa shape index (κ2) is 12.9. The number of furan rings is 1. The fraction of sp³-hybridized carbons (Fsp3) is 0.0741. The quantitative estimate of drug-likeness (QED) is 0.156. The lowest BCUT2D eigenvalue weighted by Crippen LogP contribution is -2.28. The Morgan fingerprint density at radius 2 is 1.09 bits per heavy atom. The maximum Gasteiger partial charge on any atom is 0.155 e. The largest absolute Gasteiger partial charge is 0.456 e. The Morgan fingerprint density at radius 3 is 1.79 bits per heavy atom. The molecule has 0 radical (unpaired) electrons. The van der Waals surface area contributed by atoms with Gasteiger partial charge in [0.25, 0.3) is 0 Å². The smallest absolute Gasteiger partial charge is 0.155 e. The standard InChI is InChI=1S/C54H37N3O/c1-2-38-52(33-15-5-3-6-16-33)55-54(34-17-7-4-8-18-34)56-53(38)43-25-14-28-48-49(43)44-32-36(29-30-47(44)58-48)35-19-11-20-37(31-35)57-45-26-12-23-41-39-21-9-10-22-40(39)42-24-13-27-46(57)51(42)50(41)45/h3-32,38,53H,2H2,1H3. The van der Waals surface area contributed by atoms with Crippen LogP contribution in [-0.4, -0.2) is 16.1 Å². The van der Waals surface area contributed by atoms with Crippen LogP contribution in [0.25, 0.3) is 82.1 Å². The molecule has 0 saturated heterocycles. The van der Waals surface area contributed by atoms with Crippen LogP contribution in [0.15, 0.2) is 196 Å². The summed E-state index contributed by atoms with van der Waals surface area (Å²) in [5.41, 5.74) is 12.0. The molecule has 0 aliphatic carbocycles. The predicted octanol–water partition coefficient (Wildman–Crippen LogP) is 14.1. The fourth-order valence-electron chi connectivity index (χ4n) is 9.81. The van der Waals surface area contributed by atoms with Crippen LogP contribution in [0, 0.1) is 5.92 Å². The molecular weight excluding hydrogens is 707 g/mol. The summed E-state index contributed by atoms with van der Waals surface area (Å²) in [6, 6.07) is 65.2. The maximum absolute atomic E-state index is 6.62. The first-order valence-electron chi connectivity index (χ1n) is 20.2. The molecule has 1 aliphatic heterocycles. The van der Waals surface area contributed by atoms with Crippen molar-refractivity contribution in [3.05, 3.63) is 199 Å². The monoisotopic (exact) mass is 743 g/mol. The predicted molar refractivity (Wildman–Crippen MR) is 242 cm³/mol. The van der Waals surface area contributed by atoms with E-state index in [-0.39, 0.29) is 12.0 Å². The van der Waals surface area contributed by atoms with E-state index in [9.17, 15) is 0 Å². The van der Waals surface area contributed by atoms with Gasteiger partial charge in [-0.1, -0.05) is 146 Å². The van der Waals surface area contributed by atoms with Crippen molar-refractivity contribution in [1.82, 2.24) is 4.57 Å². The molecule has 3 heterocycles. The zero-order valence-corrected chi connectivity index (χ0v) is 31.9. The Bertz CT molecular complexity index is 3360. The van der Waals surface area contributed by atoms with Gasteiger partial charge in [0.2, 0.25) is 0 Å². The summed E-state index contributed by atoms with van der Waals surface area (Å²) in [4.78, 5) is 10.7. The number of aliphatic imine (C=N–C) groups is 2. The van der Waals surface area contributed by atoms with Crippen molar-refractivity contribution in [1.29, 1.82) is 0 Å². The normalized spacial score (nSPS) is 15.9. The molecule has 58 heavy (non-hydrogen) atoms. The summed E-state index contributed by atoms with van der Waals surface area (Å²) in [6.45, 7) is 2.25. The van der Waals surface area contributed by atoms with E-state index in [0.717, 1.165) is 73.4 Å². The summed E-state index contributed by atoms with van der Waals surface area (Å²) < 4.78 is 9.06. The van der Waals surface area contributed by atoms with Gasteiger partial charge in [-0.15, -0.1) is 0 Å². The molecule has 2 unspecified atom stereocenters. The highest BCUT2D eigenvalue weighted by Crippen LogP contribution is 2.45. The molecule has 0 N–H and O–H groups in total. The first-order chi connectivity index (χ1) is 28.7. The second-order valence-electron chi connectivity index (χ2n) is 15.5. The highest BCUT2D eigenvalue weighted by atomic mass is 16.3. The van der Waals surface area contributed by atoms with Crippen LogP contribution in [-0.2, 0) is 0 Å². The lowest BCUT2D eigenvalue weighted by molar-refractivity contribution is 0.535. The number of amidine groups is 1. The molecule has 1 aliphatic rings. The van der Waals surface area contributed by atoms with Gasteiger partial charge < -0.3 is 8.98 Å². The van der Waals surface area contributed by atoms with Gasteiger partial charge >= 0.3 is 0 Å².